The molecule has 1 aliphatic rings. The zero-order chi connectivity index (χ0) is 24.0. The first-order chi connectivity index (χ1) is 17.2. The first-order valence-corrected chi connectivity index (χ1v) is 12.0. The van der Waals surface area contributed by atoms with Crippen molar-refractivity contribution in [2.45, 2.75) is 18.9 Å². The van der Waals surface area contributed by atoms with Gasteiger partial charge in [0.15, 0.2) is 5.76 Å². The van der Waals surface area contributed by atoms with E-state index in [0.717, 1.165) is 24.2 Å². The van der Waals surface area contributed by atoms with Gasteiger partial charge in [-0.15, -0.1) is 0 Å². The third-order valence-corrected chi connectivity index (χ3v) is 6.62. The lowest BCUT2D eigenvalue weighted by molar-refractivity contribution is -0.133. The Morgan fingerprint density at radius 2 is 1.46 bits per heavy atom. The van der Waals surface area contributed by atoms with Crippen LogP contribution in [0.3, 0.4) is 0 Å². The Balaban J connectivity index is 1.21. The van der Waals surface area contributed by atoms with Crippen molar-refractivity contribution >= 4 is 5.91 Å². The number of halogens is 1. The second-order valence-electron chi connectivity index (χ2n) is 8.83. The van der Waals surface area contributed by atoms with Crippen molar-refractivity contribution in [1.82, 2.24) is 15.0 Å². The highest BCUT2D eigenvalue weighted by Gasteiger charge is 2.28. The summed E-state index contributed by atoms with van der Waals surface area (Å²) in [5.74, 6) is 0.425. The fourth-order valence-electron chi connectivity index (χ4n) is 4.79. The van der Waals surface area contributed by atoms with Crippen LogP contribution in [0.2, 0.25) is 0 Å². The summed E-state index contributed by atoms with van der Waals surface area (Å²) >= 11 is 0. The SMILES string of the molecule is O=C(CCc1cnoc1-c1ccc(F)cc1)N1CCN(C(c2ccccc2)c2ccccc2)CC1. The van der Waals surface area contributed by atoms with E-state index in [1.54, 1.807) is 18.3 Å². The molecule has 1 aromatic heterocycles. The lowest BCUT2D eigenvalue weighted by Gasteiger charge is -2.40. The molecule has 0 radical (unpaired) electrons. The Morgan fingerprint density at radius 1 is 0.857 bits per heavy atom. The predicted octanol–water partition coefficient (Wildman–Crippen LogP) is 5.35. The van der Waals surface area contributed by atoms with E-state index in [1.165, 1.54) is 23.3 Å². The number of benzene rings is 3. The summed E-state index contributed by atoms with van der Waals surface area (Å²) in [5, 5.41) is 3.90. The van der Waals surface area contributed by atoms with E-state index in [0.29, 0.717) is 31.7 Å². The molecule has 178 valence electrons. The van der Waals surface area contributed by atoms with Crippen LogP contribution >= 0.6 is 0 Å². The van der Waals surface area contributed by atoms with Gasteiger partial charge in [-0.3, -0.25) is 9.69 Å². The molecule has 0 atom stereocenters. The van der Waals surface area contributed by atoms with Crippen molar-refractivity contribution in [3.63, 3.8) is 0 Å². The Hall–Kier alpha value is -3.77. The summed E-state index contributed by atoms with van der Waals surface area (Å²) in [6, 6.07) is 27.4. The molecule has 0 unspecified atom stereocenters. The van der Waals surface area contributed by atoms with Gasteiger partial charge in [-0.1, -0.05) is 65.8 Å². The number of aromatic nitrogens is 1. The van der Waals surface area contributed by atoms with Gasteiger partial charge in [-0.05, 0) is 41.8 Å². The van der Waals surface area contributed by atoms with Crippen LogP contribution in [0.1, 0.15) is 29.2 Å². The minimum Gasteiger partial charge on any atom is -0.356 e. The number of aryl methyl sites for hydroxylation is 1. The number of piperazine rings is 1. The molecule has 1 fully saturated rings. The summed E-state index contributed by atoms with van der Waals surface area (Å²) in [5.41, 5.74) is 4.14. The van der Waals surface area contributed by atoms with Crippen LogP contribution in [0, 0.1) is 5.82 Å². The molecule has 2 heterocycles. The Kier molecular flexibility index (Phi) is 7.00. The van der Waals surface area contributed by atoms with Crippen molar-refractivity contribution in [3.8, 4) is 11.3 Å². The van der Waals surface area contributed by atoms with Gasteiger partial charge in [0, 0.05) is 43.7 Å². The second kappa shape index (κ2) is 10.7. The molecule has 3 aromatic carbocycles. The molecule has 5 nitrogen and oxygen atoms in total. The number of carbonyl (C=O) groups is 1. The maximum absolute atomic E-state index is 13.3. The van der Waals surface area contributed by atoms with Gasteiger partial charge in [-0.2, -0.15) is 0 Å². The Bertz CT molecular complexity index is 1190. The van der Waals surface area contributed by atoms with Gasteiger partial charge in [0.25, 0.3) is 0 Å². The van der Waals surface area contributed by atoms with E-state index in [-0.39, 0.29) is 17.8 Å². The van der Waals surface area contributed by atoms with Crippen molar-refractivity contribution in [2.24, 2.45) is 0 Å². The van der Waals surface area contributed by atoms with Crippen LogP contribution in [-0.2, 0) is 11.2 Å². The molecule has 6 heteroatoms. The summed E-state index contributed by atoms with van der Waals surface area (Å²) in [6.07, 6.45) is 2.57. The Labute approximate surface area is 204 Å². The molecule has 0 N–H and O–H groups in total. The van der Waals surface area contributed by atoms with Crippen LogP contribution in [0.25, 0.3) is 11.3 Å². The third kappa shape index (κ3) is 5.33. The highest BCUT2D eigenvalue weighted by molar-refractivity contribution is 5.77. The second-order valence-corrected chi connectivity index (χ2v) is 8.83. The molecular formula is C29H28FN3O2. The Morgan fingerprint density at radius 3 is 2.06 bits per heavy atom. The summed E-state index contributed by atoms with van der Waals surface area (Å²) in [6.45, 7) is 3.02. The summed E-state index contributed by atoms with van der Waals surface area (Å²) < 4.78 is 18.6. The molecular weight excluding hydrogens is 441 g/mol. The molecule has 1 amide bonds. The highest BCUT2D eigenvalue weighted by Crippen LogP contribution is 2.30. The van der Waals surface area contributed by atoms with Gasteiger partial charge < -0.3 is 9.42 Å². The monoisotopic (exact) mass is 469 g/mol. The van der Waals surface area contributed by atoms with Gasteiger partial charge in [-0.25, -0.2) is 4.39 Å². The zero-order valence-electron chi connectivity index (χ0n) is 19.5. The number of rotatable bonds is 7. The molecule has 1 aliphatic heterocycles. The lowest BCUT2D eigenvalue weighted by Crippen LogP contribution is -2.49. The van der Waals surface area contributed by atoms with Gasteiger partial charge >= 0.3 is 0 Å². The van der Waals surface area contributed by atoms with Crippen molar-refractivity contribution in [1.29, 1.82) is 0 Å². The van der Waals surface area contributed by atoms with Crippen LogP contribution < -0.4 is 0 Å². The largest absolute Gasteiger partial charge is 0.356 e. The topological polar surface area (TPSA) is 49.6 Å². The van der Waals surface area contributed by atoms with E-state index in [1.807, 2.05) is 17.0 Å². The molecule has 0 saturated carbocycles. The van der Waals surface area contributed by atoms with Crippen molar-refractivity contribution in [3.05, 3.63) is 114 Å². The number of hydrogen-bond donors (Lipinski definition) is 0. The first-order valence-electron chi connectivity index (χ1n) is 12.0. The maximum Gasteiger partial charge on any atom is 0.222 e. The minimum absolute atomic E-state index is 0.131. The average molecular weight is 470 g/mol. The van der Waals surface area contributed by atoms with Crippen molar-refractivity contribution < 1.29 is 13.7 Å². The van der Waals surface area contributed by atoms with Crippen LogP contribution in [0.4, 0.5) is 4.39 Å². The van der Waals surface area contributed by atoms with Gasteiger partial charge in [0.05, 0.1) is 12.2 Å². The normalized spacial score (nSPS) is 14.4. The molecule has 0 aliphatic carbocycles. The number of amides is 1. The van der Waals surface area contributed by atoms with Crippen LogP contribution in [0.5, 0.6) is 0 Å². The third-order valence-electron chi connectivity index (χ3n) is 6.62. The number of hydrogen-bond acceptors (Lipinski definition) is 4. The van der Waals surface area contributed by atoms with Gasteiger partial charge in [0.1, 0.15) is 5.82 Å². The van der Waals surface area contributed by atoms with E-state index in [4.69, 9.17) is 4.52 Å². The van der Waals surface area contributed by atoms with Gasteiger partial charge in [0.2, 0.25) is 5.91 Å². The quantitative estimate of drug-likeness (QED) is 0.366. The molecule has 0 bridgehead atoms. The first kappa shape index (κ1) is 23.0. The average Bonchev–Trinajstić information content (AvgIpc) is 3.38. The van der Waals surface area contributed by atoms with E-state index in [2.05, 4.69) is 58.6 Å². The fraction of sp³-hybridized carbons (Fsp3) is 0.241. The van der Waals surface area contributed by atoms with E-state index < -0.39 is 0 Å². The number of carbonyl (C=O) groups excluding carboxylic acids is 1. The zero-order valence-corrected chi connectivity index (χ0v) is 19.5. The molecule has 35 heavy (non-hydrogen) atoms. The fourth-order valence-corrected chi connectivity index (χ4v) is 4.79. The predicted molar refractivity (Wildman–Crippen MR) is 133 cm³/mol. The maximum atomic E-state index is 13.3. The van der Waals surface area contributed by atoms with Crippen LogP contribution in [-0.4, -0.2) is 47.0 Å². The number of nitrogens with zero attached hydrogens (tertiary/aromatic N) is 3. The molecule has 4 aromatic rings. The van der Waals surface area contributed by atoms with E-state index >= 15 is 0 Å². The smallest absolute Gasteiger partial charge is 0.222 e. The standard InChI is InChI=1S/C29H28FN3O2/c30-26-14-11-24(12-15-26)29-25(21-31-35-29)13-16-27(34)32-17-19-33(20-18-32)28(22-7-3-1-4-8-22)23-9-5-2-6-10-23/h1-12,14-15,21,28H,13,16-20H2. The molecule has 0 spiro atoms. The summed E-state index contributed by atoms with van der Waals surface area (Å²) in [4.78, 5) is 17.4. The molecule has 1 saturated heterocycles. The molecule has 5 rings (SSSR count). The minimum atomic E-state index is -0.300. The van der Waals surface area contributed by atoms with Crippen LogP contribution in [0.15, 0.2) is 95.6 Å². The summed E-state index contributed by atoms with van der Waals surface area (Å²) in [7, 11) is 0. The highest BCUT2D eigenvalue weighted by atomic mass is 19.1. The van der Waals surface area contributed by atoms with Crippen molar-refractivity contribution in [2.75, 3.05) is 26.2 Å². The lowest BCUT2D eigenvalue weighted by atomic mass is 9.96. The van der Waals surface area contributed by atoms with E-state index in [9.17, 15) is 9.18 Å².